The fourth-order valence-electron chi connectivity index (χ4n) is 2.27. The summed E-state index contributed by atoms with van der Waals surface area (Å²) in [5, 5.41) is 2.83. The predicted octanol–water partition coefficient (Wildman–Crippen LogP) is 2.79. The number of likely N-dealkylation sites (tertiary alicyclic amines) is 1. The molecule has 1 heterocycles. The van der Waals surface area contributed by atoms with Crippen molar-refractivity contribution < 1.29 is 13.9 Å². The first-order valence-electron chi connectivity index (χ1n) is 7.17. The maximum Gasteiger partial charge on any atom is 0.317 e. The van der Waals surface area contributed by atoms with E-state index in [1.165, 1.54) is 25.0 Å². The fourth-order valence-corrected chi connectivity index (χ4v) is 2.27. The summed E-state index contributed by atoms with van der Waals surface area (Å²) in [5.41, 5.74) is 0. The van der Waals surface area contributed by atoms with Crippen LogP contribution in [-0.4, -0.2) is 37.2 Å². The maximum atomic E-state index is 12.9. The summed E-state index contributed by atoms with van der Waals surface area (Å²) in [4.78, 5) is 13.8. The standard InChI is InChI=1S/C15H21FN2O2/c16-13-6-5-7-14(12-13)20-11-8-17-15(19)18-9-3-1-2-4-10-18/h5-7,12H,1-4,8-11H2,(H,17,19). The van der Waals surface area contributed by atoms with E-state index >= 15 is 0 Å². The Morgan fingerprint density at radius 3 is 2.70 bits per heavy atom. The molecule has 0 unspecified atom stereocenters. The molecule has 0 aromatic heterocycles. The van der Waals surface area contributed by atoms with Crippen LogP contribution >= 0.6 is 0 Å². The molecule has 1 saturated heterocycles. The number of halogens is 1. The second kappa shape index (κ2) is 7.72. The lowest BCUT2D eigenvalue weighted by molar-refractivity contribution is 0.196. The second-order valence-corrected chi connectivity index (χ2v) is 4.94. The van der Waals surface area contributed by atoms with Crippen LogP contribution in [0.3, 0.4) is 0 Å². The van der Waals surface area contributed by atoms with Gasteiger partial charge in [-0.25, -0.2) is 9.18 Å². The van der Waals surface area contributed by atoms with Crippen LogP contribution < -0.4 is 10.1 Å². The third kappa shape index (κ3) is 4.72. The van der Waals surface area contributed by atoms with Crippen LogP contribution in [0.15, 0.2) is 24.3 Å². The predicted molar refractivity (Wildman–Crippen MR) is 75.3 cm³/mol. The van der Waals surface area contributed by atoms with Crippen LogP contribution in [0.25, 0.3) is 0 Å². The molecular weight excluding hydrogens is 259 g/mol. The van der Waals surface area contributed by atoms with Gasteiger partial charge in [0, 0.05) is 19.2 Å². The smallest absolute Gasteiger partial charge is 0.317 e. The molecule has 20 heavy (non-hydrogen) atoms. The van der Waals surface area contributed by atoms with E-state index in [0.717, 1.165) is 25.9 Å². The largest absolute Gasteiger partial charge is 0.492 e. The average molecular weight is 280 g/mol. The monoisotopic (exact) mass is 280 g/mol. The van der Waals surface area contributed by atoms with Crippen molar-refractivity contribution in [1.29, 1.82) is 0 Å². The molecule has 4 nitrogen and oxygen atoms in total. The molecule has 5 heteroatoms. The Bertz CT molecular complexity index is 432. The van der Waals surface area contributed by atoms with Gasteiger partial charge in [0.05, 0.1) is 6.54 Å². The highest BCUT2D eigenvalue weighted by molar-refractivity contribution is 5.74. The highest BCUT2D eigenvalue weighted by Crippen LogP contribution is 2.11. The molecule has 2 rings (SSSR count). The zero-order valence-electron chi connectivity index (χ0n) is 11.6. The molecule has 1 N–H and O–H groups in total. The molecule has 0 saturated carbocycles. The highest BCUT2D eigenvalue weighted by Gasteiger charge is 2.14. The molecule has 110 valence electrons. The summed E-state index contributed by atoms with van der Waals surface area (Å²) in [6, 6.07) is 5.96. The van der Waals surface area contributed by atoms with Gasteiger partial charge in [0.1, 0.15) is 18.2 Å². The average Bonchev–Trinajstić information content (AvgIpc) is 2.72. The molecule has 1 aliphatic rings. The number of rotatable bonds is 4. The lowest BCUT2D eigenvalue weighted by Crippen LogP contribution is -2.41. The molecule has 2 amide bonds. The van der Waals surface area contributed by atoms with Gasteiger partial charge in [0.2, 0.25) is 0 Å². The number of amides is 2. The van der Waals surface area contributed by atoms with Crippen molar-refractivity contribution in [3.8, 4) is 5.75 Å². The van der Waals surface area contributed by atoms with E-state index in [1.54, 1.807) is 12.1 Å². The van der Waals surface area contributed by atoms with E-state index < -0.39 is 0 Å². The number of hydrogen-bond donors (Lipinski definition) is 1. The van der Waals surface area contributed by atoms with Gasteiger partial charge >= 0.3 is 6.03 Å². The number of urea groups is 1. The first-order chi connectivity index (χ1) is 9.75. The SMILES string of the molecule is O=C(NCCOc1cccc(F)c1)N1CCCCCC1. The summed E-state index contributed by atoms with van der Waals surface area (Å²) < 4.78 is 18.3. The highest BCUT2D eigenvalue weighted by atomic mass is 19.1. The van der Waals surface area contributed by atoms with E-state index in [4.69, 9.17) is 4.74 Å². The number of nitrogens with zero attached hydrogens (tertiary/aromatic N) is 1. The van der Waals surface area contributed by atoms with Gasteiger partial charge < -0.3 is 15.0 Å². The number of carbonyl (C=O) groups excluding carboxylic acids is 1. The lowest BCUT2D eigenvalue weighted by atomic mass is 10.2. The molecule has 0 radical (unpaired) electrons. The summed E-state index contributed by atoms with van der Waals surface area (Å²) in [7, 11) is 0. The Morgan fingerprint density at radius 2 is 2.00 bits per heavy atom. The minimum atomic E-state index is -0.323. The van der Waals surface area contributed by atoms with Gasteiger partial charge in [-0.3, -0.25) is 0 Å². The summed E-state index contributed by atoms with van der Waals surface area (Å²) >= 11 is 0. The molecule has 1 aliphatic heterocycles. The Hall–Kier alpha value is -1.78. The molecule has 1 aromatic rings. The van der Waals surface area contributed by atoms with E-state index in [9.17, 15) is 9.18 Å². The molecule has 0 spiro atoms. The van der Waals surface area contributed by atoms with Crippen molar-refractivity contribution in [3.63, 3.8) is 0 Å². The van der Waals surface area contributed by atoms with Crippen LogP contribution in [-0.2, 0) is 0 Å². The van der Waals surface area contributed by atoms with Gasteiger partial charge in [-0.2, -0.15) is 0 Å². The topological polar surface area (TPSA) is 41.6 Å². The van der Waals surface area contributed by atoms with Gasteiger partial charge in [-0.1, -0.05) is 18.9 Å². The van der Waals surface area contributed by atoms with Crippen molar-refractivity contribution in [2.24, 2.45) is 0 Å². The van der Waals surface area contributed by atoms with Gasteiger partial charge in [-0.05, 0) is 25.0 Å². The summed E-state index contributed by atoms with van der Waals surface area (Å²) in [5.74, 6) is 0.158. The van der Waals surface area contributed by atoms with Crippen molar-refractivity contribution in [2.75, 3.05) is 26.2 Å². The Balaban J connectivity index is 1.66. The van der Waals surface area contributed by atoms with Crippen molar-refractivity contribution in [2.45, 2.75) is 25.7 Å². The number of hydrogen-bond acceptors (Lipinski definition) is 2. The number of nitrogens with one attached hydrogen (secondary N) is 1. The third-order valence-electron chi connectivity index (χ3n) is 3.34. The summed E-state index contributed by atoms with van der Waals surface area (Å²) in [6.45, 7) is 2.42. The normalized spacial score (nSPS) is 15.6. The zero-order chi connectivity index (χ0) is 14.2. The maximum absolute atomic E-state index is 12.9. The van der Waals surface area contributed by atoms with Crippen LogP contribution in [0.4, 0.5) is 9.18 Å². The van der Waals surface area contributed by atoms with Crippen LogP contribution in [0.1, 0.15) is 25.7 Å². The van der Waals surface area contributed by atoms with E-state index in [0.29, 0.717) is 18.9 Å². The minimum Gasteiger partial charge on any atom is -0.492 e. The van der Waals surface area contributed by atoms with Crippen LogP contribution in [0, 0.1) is 5.82 Å². The molecule has 0 bridgehead atoms. The van der Waals surface area contributed by atoms with Crippen molar-refractivity contribution in [1.82, 2.24) is 10.2 Å². The zero-order valence-corrected chi connectivity index (χ0v) is 11.6. The Kier molecular flexibility index (Phi) is 5.65. The minimum absolute atomic E-state index is 0.0326. The Labute approximate surface area is 118 Å². The quantitative estimate of drug-likeness (QED) is 0.862. The number of carbonyl (C=O) groups is 1. The number of benzene rings is 1. The van der Waals surface area contributed by atoms with E-state index in [-0.39, 0.29) is 11.8 Å². The van der Waals surface area contributed by atoms with Gasteiger partial charge in [0.25, 0.3) is 0 Å². The van der Waals surface area contributed by atoms with E-state index in [2.05, 4.69) is 5.32 Å². The number of ether oxygens (including phenoxy) is 1. The molecule has 0 aliphatic carbocycles. The van der Waals surface area contributed by atoms with Gasteiger partial charge in [-0.15, -0.1) is 0 Å². The third-order valence-corrected chi connectivity index (χ3v) is 3.34. The molecular formula is C15H21FN2O2. The van der Waals surface area contributed by atoms with Crippen LogP contribution in [0.5, 0.6) is 5.75 Å². The first-order valence-corrected chi connectivity index (χ1v) is 7.17. The fraction of sp³-hybridized carbons (Fsp3) is 0.533. The lowest BCUT2D eigenvalue weighted by Gasteiger charge is -2.20. The molecule has 0 atom stereocenters. The molecule has 1 fully saturated rings. The van der Waals surface area contributed by atoms with Crippen LogP contribution in [0.2, 0.25) is 0 Å². The van der Waals surface area contributed by atoms with E-state index in [1.807, 2.05) is 4.90 Å². The van der Waals surface area contributed by atoms with Crippen molar-refractivity contribution in [3.05, 3.63) is 30.1 Å². The molecule has 1 aromatic carbocycles. The van der Waals surface area contributed by atoms with Crippen molar-refractivity contribution >= 4 is 6.03 Å². The van der Waals surface area contributed by atoms with Gasteiger partial charge in [0.15, 0.2) is 0 Å². The Morgan fingerprint density at radius 1 is 1.25 bits per heavy atom. The summed E-state index contributed by atoms with van der Waals surface area (Å²) in [6.07, 6.45) is 4.55. The second-order valence-electron chi connectivity index (χ2n) is 4.94. The first kappa shape index (κ1) is 14.6.